The van der Waals surface area contributed by atoms with Gasteiger partial charge in [0.05, 0.1) is 11.3 Å². The Kier molecular flexibility index (Phi) is 4.20. The van der Waals surface area contributed by atoms with Gasteiger partial charge < -0.3 is 5.32 Å². The fourth-order valence-electron chi connectivity index (χ4n) is 2.65. The van der Waals surface area contributed by atoms with E-state index in [1.54, 1.807) is 24.7 Å². The molecule has 8 heteroatoms. The van der Waals surface area contributed by atoms with Gasteiger partial charge >= 0.3 is 6.18 Å². The van der Waals surface area contributed by atoms with Crippen LogP contribution < -0.4 is 5.32 Å². The van der Waals surface area contributed by atoms with Crippen LogP contribution in [0.1, 0.15) is 27.7 Å². The Morgan fingerprint density at radius 3 is 2.56 bits per heavy atom. The maximum atomic E-state index is 13.4. The van der Waals surface area contributed by atoms with E-state index in [4.69, 9.17) is 0 Å². The number of aromatic nitrogens is 3. The summed E-state index contributed by atoms with van der Waals surface area (Å²) < 4.78 is 41.6. The molecule has 3 rings (SSSR count). The molecule has 2 heterocycles. The van der Waals surface area contributed by atoms with Crippen molar-refractivity contribution < 1.29 is 18.0 Å². The van der Waals surface area contributed by atoms with Crippen molar-refractivity contribution in [2.75, 3.05) is 0 Å². The van der Waals surface area contributed by atoms with Gasteiger partial charge in [0.1, 0.15) is 0 Å². The molecule has 2 aromatic heterocycles. The highest BCUT2D eigenvalue weighted by Crippen LogP contribution is 2.32. The van der Waals surface area contributed by atoms with E-state index < -0.39 is 18.1 Å². The first-order valence-corrected chi connectivity index (χ1v) is 7.49. The molecule has 0 aliphatic rings. The third-order valence-electron chi connectivity index (χ3n) is 3.86. The van der Waals surface area contributed by atoms with Gasteiger partial charge in [-0.1, -0.05) is 30.3 Å². The maximum absolute atomic E-state index is 13.4. The van der Waals surface area contributed by atoms with Gasteiger partial charge in [-0.15, -0.1) is 0 Å². The Balaban J connectivity index is 1.93. The second-order valence-electron chi connectivity index (χ2n) is 5.66. The summed E-state index contributed by atoms with van der Waals surface area (Å²) in [6, 6.07) is 6.66. The van der Waals surface area contributed by atoms with Crippen molar-refractivity contribution in [3.8, 4) is 0 Å². The molecule has 0 saturated carbocycles. The van der Waals surface area contributed by atoms with Crippen molar-refractivity contribution in [2.24, 2.45) is 7.05 Å². The zero-order valence-electron chi connectivity index (χ0n) is 13.5. The highest BCUT2D eigenvalue weighted by atomic mass is 19.4. The lowest BCUT2D eigenvalue weighted by Crippen LogP contribution is -2.38. The van der Waals surface area contributed by atoms with E-state index >= 15 is 0 Å². The minimum Gasteiger partial charge on any atom is -0.337 e. The number of carbonyl (C=O) groups is 1. The summed E-state index contributed by atoms with van der Waals surface area (Å²) >= 11 is 0. The Bertz CT molecular complexity index is 919. The normalized spacial score (nSPS) is 13.0. The molecule has 1 unspecified atom stereocenters. The third kappa shape index (κ3) is 3.33. The second kappa shape index (κ2) is 6.19. The second-order valence-corrected chi connectivity index (χ2v) is 5.66. The van der Waals surface area contributed by atoms with Crippen LogP contribution in [0.25, 0.3) is 11.0 Å². The van der Waals surface area contributed by atoms with E-state index in [1.165, 1.54) is 36.5 Å². The van der Waals surface area contributed by atoms with Crippen LogP contribution in [0.3, 0.4) is 0 Å². The minimum atomic E-state index is -4.61. The number of hydrogen-bond donors (Lipinski definition) is 1. The van der Waals surface area contributed by atoms with Crippen molar-refractivity contribution in [3.05, 3.63) is 59.4 Å². The van der Waals surface area contributed by atoms with E-state index in [1.807, 2.05) is 5.32 Å². The van der Waals surface area contributed by atoms with E-state index in [0.717, 1.165) is 0 Å². The van der Waals surface area contributed by atoms with Crippen molar-refractivity contribution in [1.82, 2.24) is 20.1 Å². The summed E-state index contributed by atoms with van der Waals surface area (Å²) in [7, 11) is 1.71. The van der Waals surface area contributed by atoms with Crippen molar-refractivity contribution in [3.63, 3.8) is 0 Å². The Labute approximate surface area is 141 Å². The summed E-state index contributed by atoms with van der Waals surface area (Å²) in [5.74, 6) is -0.844. The molecule has 0 radical (unpaired) electrons. The highest BCUT2D eigenvalue weighted by molar-refractivity contribution is 5.97. The molecule has 0 fully saturated rings. The average Bonchev–Trinajstić information content (AvgIpc) is 2.86. The van der Waals surface area contributed by atoms with Crippen molar-refractivity contribution in [2.45, 2.75) is 19.1 Å². The molecule has 1 N–H and O–H groups in total. The lowest BCUT2D eigenvalue weighted by atomic mass is 10.1. The number of aryl methyl sites for hydroxylation is 2. The van der Waals surface area contributed by atoms with Gasteiger partial charge in [-0.2, -0.15) is 18.3 Å². The lowest BCUT2D eigenvalue weighted by Gasteiger charge is -2.22. The third-order valence-corrected chi connectivity index (χ3v) is 3.86. The summed E-state index contributed by atoms with van der Waals surface area (Å²) in [6.45, 7) is 1.74. The highest BCUT2D eigenvalue weighted by Gasteiger charge is 2.42. The fraction of sp³-hybridized carbons (Fsp3) is 0.235. The van der Waals surface area contributed by atoms with Crippen LogP contribution in [0.4, 0.5) is 13.2 Å². The quantitative estimate of drug-likeness (QED) is 0.790. The number of hydrogen-bond acceptors (Lipinski definition) is 3. The van der Waals surface area contributed by atoms with E-state index in [0.29, 0.717) is 16.7 Å². The first-order chi connectivity index (χ1) is 11.8. The van der Waals surface area contributed by atoms with Crippen molar-refractivity contribution >= 4 is 16.9 Å². The number of pyridine rings is 1. The number of alkyl halides is 3. The SMILES string of the molecule is Cc1nn(C)c2ncc(C(=O)NC(c3ccccc3)C(F)(F)F)cc12. The largest absolute Gasteiger partial charge is 0.412 e. The smallest absolute Gasteiger partial charge is 0.337 e. The molecular weight excluding hydrogens is 333 g/mol. The predicted octanol–water partition coefficient (Wildman–Crippen LogP) is 3.31. The monoisotopic (exact) mass is 348 g/mol. The van der Waals surface area contributed by atoms with E-state index in [2.05, 4.69) is 10.1 Å². The van der Waals surface area contributed by atoms with Crippen LogP contribution in [-0.2, 0) is 7.05 Å². The topological polar surface area (TPSA) is 59.8 Å². The van der Waals surface area contributed by atoms with Crippen LogP contribution in [0.5, 0.6) is 0 Å². The maximum Gasteiger partial charge on any atom is 0.412 e. The molecule has 130 valence electrons. The zero-order chi connectivity index (χ0) is 18.2. The Morgan fingerprint density at radius 1 is 1.24 bits per heavy atom. The van der Waals surface area contributed by atoms with Gasteiger partial charge in [0.15, 0.2) is 11.7 Å². The number of halogens is 3. The van der Waals surface area contributed by atoms with E-state index in [9.17, 15) is 18.0 Å². The molecule has 3 aromatic rings. The molecule has 0 spiro atoms. The van der Waals surface area contributed by atoms with Gasteiger partial charge in [-0.25, -0.2) is 4.98 Å². The number of nitrogens with one attached hydrogen (secondary N) is 1. The summed E-state index contributed by atoms with van der Waals surface area (Å²) in [5.41, 5.74) is 1.23. The van der Waals surface area contributed by atoms with Crippen LogP contribution in [0.2, 0.25) is 0 Å². The first-order valence-electron chi connectivity index (χ1n) is 7.49. The Hall–Kier alpha value is -2.90. The molecule has 0 bridgehead atoms. The number of fused-ring (bicyclic) bond motifs is 1. The summed E-state index contributed by atoms with van der Waals surface area (Å²) in [6.07, 6.45) is -3.37. The first kappa shape index (κ1) is 16.9. The summed E-state index contributed by atoms with van der Waals surface area (Å²) in [4.78, 5) is 16.5. The number of carbonyl (C=O) groups excluding carboxylic acids is 1. The van der Waals surface area contributed by atoms with Crippen LogP contribution in [0.15, 0.2) is 42.6 Å². The lowest BCUT2D eigenvalue weighted by molar-refractivity contribution is -0.155. The molecule has 0 saturated heterocycles. The van der Waals surface area contributed by atoms with Gasteiger partial charge in [-0.05, 0) is 18.6 Å². The van der Waals surface area contributed by atoms with Gasteiger partial charge in [0.25, 0.3) is 5.91 Å². The van der Waals surface area contributed by atoms with E-state index in [-0.39, 0.29) is 11.1 Å². The number of amides is 1. The molecule has 25 heavy (non-hydrogen) atoms. The molecule has 5 nitrogen and oxygen atoms in total. The molecule has 1 aromatic carbocycles. The van der Waals surface area contributed by atoms with Crippen LogP contribution in [0, 0.1) is 6.92 Å². The number of benzene rings is 1. The fourth-order valence-corrected chi connectivity index (χ4v) is 2.65. The molecular formula is C17H15F3N4O. The van der Waals surface area contributed by atoms with Gasteiger partial charge in [0.2, 0.25) is 0 Å². The van der Waals surface area contributed by atoms with Gasteiger partial charge in [0, 0.05) is 18.6 Å². The predicted molar refractivity (Wildman–Crippen MR) is 86.0 cm³/mol. The van der Waals surface area contributed by atoms with Crippen molar-refractivity contribution in [1.29, 1.82) is 0 Å². The van der Waals surface area contributed by atoms with Crippen LogP contribution >= 0.6 is 0 Å². The molecule has 0 aliphatic heterocycles. The Morgan fingerprint density at radius 2 is 1.92 bits per heavy atom. The average molecular weight is 348 g/mol. The molecule has 1 atom stereocenters. The number of rotatable bonds is 3. The standard InChI is InChI=1S/C17H15F3N4O/c1-10-13-8-12(9-21-15(13)24(2)23-10)16(25)22-14(17(18,19)20)11-6-4-3-5-7-11/h3-9,14H,1-2H3,(H,22,25). The zero-order valence-corrected chi connectivity index (χ0v) is 13.5. The number of nitrogens with zero attached hydrogens (tertiary/aromatic N) is 3. The van der Waals surface area contributed by atoms with Gasteiger partial charge in [-0.3, -0.25) is 9.48 Å². The summed E-state index contributed by atoms with van der Waals surface area (Å²) in [5, 5.41) is 6.85. The van der Waals surface area contributed by atoms with Crippen LogP contribution in [-0.4, -0.2) is 26.8 Å². The molecule has 1 amide bonds. The molecule has 0 aliphatic carbocycles. The minimum absolute atomic E-state index is 0.0325.